The van der Waals surface area contributed by atoms with Crippen molar-refractivity contribution in [2.45, 2.75) is 18.4 Å². The van der Waals surface area contributed by atoms with Gasteiger partial charge in [-0.1, -0.05) is 78.2 Å². The summed E-state index contributed by atoms with van der Waals surface area (Å²) in [6, 6.07) is 0. The van der Waals surface area contributed by atoms with Crippen molar-refractivity contribution in [1.82, 2.24) is 0 Å². The van der Waals surface area contributed by atoms with Gasteiger partial charge < -0.3 is 0 Å². The van der Waals surface area contributed by atoms with E-state index in [0.29, 0.717) is 0 Å². The highest BCUT2D eigenvalue weighted by Gasteiger charge is 2.41. The molecule has 0 amide bonds. The quantitative estimate of drug-likeness (QED) is 0.327. The van der Waals surface area contributed by atoms with E-state index in [0.717, 1.165) is 5.54 Å². The molecule has 0 bridgehead atoms. The van der Waals surface area contributed by atoms with Gasteiger partial charge in [-0.15, -0.1) is 0 Å². The Kier molecular flexibility index (Phi) is 2.75. The van der Waals surface area contributed by atoms with Gasteiger partial charge in [0.15, 0.2) is 0 Å². The van der Waals surface area contributed by atoms with Gasteiger partial charge in [0.2, 0.25) is 0 Å². The third-order valence-corrected chi connectivity index (χ3v) is 10.5. The molecule has 1 rings (SSSR count). The second-order valence-electron chi connectivity index (χ2n) is 1.82. The van der Waals surface area contributed by atoms with Crippen molar-refractivity contribution in [2.75, 3.05) is 0 Å². The van der Waals surface area contributed by atoms with Gasteiger partial charge in [0.1, 0.15) is 0 Å². The number of hydrogen-bond acceptors (Lipinski definition) is 0. The topological polar surface area (TPSA) is 0 Å². The summed E-state index contributed by atoms with van der Waals surface area (Å²) in [5.41, 5.74) is 1.15. The molecule has 0 spiro atoms. The average molecular weight is 450 g/mol. The van der Waals surface area contributed by atoms with Crippen LogP contribution in [0.3, 0.4) is 0 Å². The highest BCUT2D eigenvalue weighted by molar-refractivity contribution is 14.4. The molecule has 1 saturated carbocycles. The molecule has 1 aliphatic carbocycles. The van der Waals surface area contributed by atoms with Crippen molar-refractivity contribution in [1.29, 1.82) is 0 Å². The maximum absolute atomic E-state index is 2.64. The van der Waals surface area contributed by atoms with Gasteiger partial charge in [-0.05, 0) is 5.54 Å². The SMILES string of the molecule is I[Si](I)(I)C1CC1. The van der Waals surface area contributed by atoms with Gasteiger partial charge in [-0.2, -0.15) is 0 Å². The van der Waals surface area contributed by atoms with E-state index in [1.807, 2.05) is 0 Å². The van der Waals surface area contributed by atoms with Crippen LogP contribution in [0.4, 0.5) is 0 Å². The normalized spacial score (nSPS) is 22.7. The van der Waals surface area contributed by atoms with E-state index in [9.17, 15) is 0 Å². The van der Waals surface area contributed by atoms with E-state index in [1.165, 1.54) is 12.8 Å². The Morgan fingerprint density at radius 2 is 1.57 bits per heavy atom. The molecule has 1 fully saturated rings. The maximum atomic E-state index is 2.64. The molecule has 0 unspecified atom stereocenters. The minimum Gasteiger partial charge on any atom is -0.0907 e. The van der Waals surface area contributed by atoms with Crippen LogP contribution in [-0.4, -0.2) is 0.564 Å². The maximum Gasteiger partial charge on any atom is 0.256 e. The Bertz CT molecular complexity index is 72.7. The summed E-state index contributed by atoms with van der Waals surface area (Å²) in [7, 11) is 0. The predicted molar refractivity (Wildman–Crippen MR) is 60.8 cm³/mol. The summed E-state index contributed by atoms with van der Waals surface area (Å²) in [6.45, 7) is 0. The lowest BCUT2D eigenvalue weighted by Gasteiger charge is -2.03. The van der Waals surface area contributed by atoms with Gasteiger partial charge in [-0.25, -0.2) is 0 Å². The summed E-state index contributed by atoms with van der Waals surface area (Å²) >= 11 is 7.92. The van der Waals surface area contributed by atoms with Crippen LogP contribution in [0.5, 0.6) is 0 Å². The Morgan fingerprint density at radius 3 is 1.57 bits per heavy atom. The van der Waals surface area contributed by atoms with Crippen LogP contribution in [0, 0.1) is 0 Å². The summed E-state index contributed by atoms with van der Waals surface area (Å²) in [5, 5.41) is 0. The van der Waals surface area contributed by atoms with Crippen LogP contribution in [0.25, 0.3) is 0 Å². The largest absolute Gasteiger partial charge is 0.256 e. The minimum absolute atomic E-state index is 0.713. The molecule has 7 heavy (non-hydrogen) atoms. The van der Waals surface area contributed by atoms with Crippen LogP contribution in [0.2, 0.25) is 5.54 Å². The summed E-state index contributed by atoms with van der Waals surface area (Å²) in [6.07, 6.45) is 3.03. The zero-order valence-corrected chi connectivity index (χ0v) is 11.1. The summed E-state index contributed by atoms with van der Waals surface area (Å²) < 4.78 is -0.713. The number of halogens is 3. The first-order chi connectivity index (χ1) is 3.11. The Hall–Kier alpha value is 2.41. The third-order valence-electron chi connectivity index (χ3n) is 1.04. The molecule has 0 aromatic carbocycles. The molecular weight excluding hydrogens is 445 g/mol. The molecule has 1 aliphatic rings. The second kappa shape index (κ2) is 2.57. The van der Waals surface area contributed by atoms with Crippen molar-refractivity contribution < 1.29 is 0 Å². The van der Waals surface area contributed by atoms with Crippen molar-refractivity contribution in [3.63, 3.8) is 0 Å². The number of rotatable bonds is 1. The van der Waals surface area contributed by atoms with Crippen molar-refractivity contribution >= 4 is 66.0 Å². The average Bonchev–Trinajstić information content (AvgIpc) is 1.99. The molecule has 0 nitrogen and oxygen atoms in total. The molecule has 0 aromatic rings. The van der Waals surface area contributed by atoms with E-state index in [1.54, 1.807) is 0 Å². The minimum atomic E-state index is -0.713. The van der Waals surface area contributed by atoms with Gasteiger partial charge in [0, 0.05) is 0 Å². The smallest absolute Gasteiger partial charge is 0.0907 e. The molecular formula is C3H5I3Si. The van der Waals surface area contributed by atoms with Crippen molar-refractivity contribution in [3.8, 4) is 0 Å². The van der Waals surface area contributed by atoms with Gasteiger partial charge in [-0.3, -0.25) is 0 Å². The zero-order valence-electron chi connectivity index (χ0n) is 3.63. The van der Waals surface area contributed by atoms with E-state index in [2.05, 4.69) is 65.4 Å². The van der Waals surface area contributed by atoms with Crippen LogP contribution in [-0.2, 0) is 0 Å². The molecule has 42 valence electrons. The van der Waals surface area contributed by atoms with E-state index >= 15 is 0 Å². The van der Waals surface area contributed by atoms with Crippen LogP contribution < -0.4 is 0 Å². The third kappa shape index (κ3) is 2.65. The fourth-order valence-electron chi connectivity index (χ4n) is 0.411. The molecule has 0 radical (unpaired) electrons. The van der Waals surface area contributed by atoms with Gasteiger partial charge in [0.25, 0.3) is 0.564 Å². The highest BCUT2D eigenvalue weighted by atomic mass is 127. The van der Waals surface area contributed by atoms with Crippen molar-refractivity contribution in [2.24, 2.45) is 0 Å². The van der Waals surface area contributed by atoms with Crippen LogP contribution in [0.15, 0.2) is 0 Å². The first-order valence-electron chi connectivity index (χ1n) is 2.17. The predicted octanol–water partition coefficient (Wildman–Crippen LogP) is 3.39. The molecule has 0 saturated heterocycles. The summed E-state index contributed by atoms with van der Waals surface area (Å²) in [4.78, 5) is 0. The fraction of sp³-hybridized carbons (Fsp3) is 1.00. The molecule has 4 heteroatoms. The molecule has 0 atom stereocenters. The molecule has 0 N–H and O–H groups in total. The van der Waals surface area contributed by atoms with Gasteiger partial charge >= 0.3 is 0 Å². The Labute approximate surface area is 82.8 Å². The monoisotopic (exact) mass is 450 g/mol. The highest BCUT2D eigenvalue weighted by Crippen LogP contribution is 2.55. The first-order valence-corrected chi connectivity index (χ1v) is 13.6. The standard InChI is InChI=1S/C3H5I3Si/c4-7(5,6)3-1-2-3/h3H,1-2H2. The van der Waals surface area contributed by atoms with E-state index < -0.39 is 0.564 Å². The van der Waals surface area contributed by atoms with Crippen molar-refractivity contribution in [3.05, 3.63) is 0 Å². The summed E-state index contributed by atoms with van der Waals surface area (Å²) in [5.74, 6) is 0. The lowest BCUT2D eigenvalue weighted by molar-refractivity contribution is 1.47. The van der Waals surface area contributed by atoms with Crippen LogP contribution >= 0.6 is 65.4 Å². The van der Waals surface area contributed by atoms with Gasteiger partial charge in [0.05, 0.1) is 0 Å². The van der Waals surface area contributed by atoms with E-state index in [-0.39, 0.29) is 0 Å². The van der Waals surface area contributed by atoms with E-state index in [4.69, 9.17) is 0 Å². The Balaban J connectivity index is 2.36. The zero-order chi connectivity index (χ0) is 5.49. The fourth-order valence-corrected chi connectivity index (χ4v) is 6.84. The second-order valence-corrected chi connectivity index (χ2v) is 37.6. The molecule has 0 aliphatic heterocycles. The first kappa shape index (κ1) is 7.51. The lowest BCUT2D eigenvalue weighted by Crippen LogP contribution is -2.03. The number of hydrogen-bond donors (Lipinski definition) is 0. The lowest BCUT2D eigenvalue weighted by atomic mass is 11.0. The van der Waals surface area contributed by atoms with Crippen LogP contribution in [0.1, 0.15) is 12.8 Å². The molecule has 0 heterocycles. The molecule has 0 aromatic heterocycles. The Morgan fingerprint density at radius 1 is 1.14 bits per heavy atom.